The van der Waals surface area contributed by atoms with E-state index in [0.29, 0.717) is 22.8 Å². The number of ether oxygens (including phenoxy) is 1. The Labute approximate surface area is 117 Å². The third-order valence-corrected chi connectivity index (χ3v) is 2.84. The first-order valence-corrected chi connectivity index (χ1v) is 6.27. The number of halogens is 1. The van der Waals surface area contributed by atoms with Crippen molar-refractivity contribution in [2.75, 3.05) is 17.7 Å². The molecule has 0 aromatic heterocycles. The van der Waals surface area contributed by atoms with Crippen molar-refractivity contribution in [2.24, 2.45) is 0 Å². The van der Waals surface area contributed by atoms with Gasteiger partial charge < -0.3 is 15.4 Å². The van der Waals surface area contributed by atoms with Crippen LogP contribution in [0.25, 0.3) is 0 Å². The van der Waals surface area contributed by atoms with Crippen LogP contribution in [0.5, 0.6) is 0 Å². The third kappa shape index (κ3) is 4.44. The Bertz CT molecular complexity index is 477. The van der Waals surface area contributed by atoms with Gasteiger partial charge in [0.05, 0.1) is 17.8 Å². The van der Waals surface area contributed by atoms with Gasteiger partial charge in [-0.15, -0.1) is 0 Å². The van der Waals surface area contributed by atoms with E-state index in [2.05, 4.69) is 10.6 Å². The van der Waals surface area contributed by atoms with Gasteiger partial charge in [0, 0.05) is 12.6 Å². The number of anilines is 2. The SMILES string of the molecule is CC[C@@H](Nc1ccc(Cl)c(NC(C)=O)c1)C(=O)OC. The second-order valence-corrected chi connectivity index (χ2v) is 4.41. The molecule has 1 aromatic rings. The summed E-state index contributed by atoms with van der Waals surface area (Å²) in [6.45, 7) is 3.28. The van der Waals surface area contributed by atoms with Gasteiger partial charge in [0.15, 0.2) is 0 Å². The average molecular weight is 285 g/mol. The van der Waals surface area contributed by atoms with E-state index in [4.69, 9.17) is 16.3 Å². The maximum absolute atomic E-state index is 11.5. The highest BCUT2D eigenvalue weighted by Crippen LogP contribution is 2.26. The van der Waals surface area contributed by atoms with Crippen LogP contribution in [-0.2, 0) is 14.3 Å². The van der Waals surface area contributed by atoms with E-state index in [9.17, 15) is 9.59 Å². The fourth-order valence-electron chi connectivity index (χ4n) is 1.57. The van der Waals surface area contributed by atoms with Gasteiger partial charge in [0.1, 0.15) is 6.04 Å². The normalized spacial score (nSPS) is 11.6. The Hall–Kier alpha value is -1.75. The molecule has 0 spiro atoms. The second kappa shape index (κ2) is 6.99. The summed E-state index contributed by atoms with van der Waals surface area (Å²) in [5, 5.41) is 6.09. The molecule has 1 rings (SSSR count). The highest BCUT2D eigenvalue weighted by Gasteiger charge is 2.16. The summed E-state index contributed by atoms with van der Waals surface area (Å²) < 4.78 is 4.70. The minimum absolute atomic E-state index is 0.209. The van der Waals surface area contributed by atoms with E-state index in [-0.39, 0.29) is 11.9 Å². The number of hydrogen-bond acceptors (Lipinski definition) is 4. The van der Waals surface area contributed by atoms with Gasteiger partial charge in [-0.05, 0) is 24.6 Å². The summed E-state index contributed by atoms with van der Waals surface area (Å²) in [5.74, 6) is -0.544. The van der Waals surface area contributed by atoms with Gasteiger partial charge in [0.2, 0.25) is 5.91 Å². The molecule has 0 saturated heterocycles. The number of nitrogens with one attached hydrogen (secondary N) is 2. The monoisotopic (exact) mass is 284 g/mol. The molecule has 0 fully saturated rings. The number of esters is 1. The molecule has 1 amide bonds. The highest BCUT2D eigenvalue weighted by molar-refractivity contribution is 6.33. The minimum atomic E-state index is -0.434. The van der Waals surface area contributed by atoms with Crippen LogP contribution < -0.4 is 10.6 Å². The maximum Gasteiger partial charge on any atom is 0.328 e. The molecular formula is C13H17ClN2O3. The Morgan fingerprint density at radius 2 is 2.11 bits per heavy atom. The Morgan fingerprint density at radius 1 is 1.42 bits per heavy atom. The smallest absolute Gasteiger partial charge is 0.328 e. The van der Waals surface area contributed by atoms with Crippen LogP contribution in [-0.4, -0.2) is 25.0 Å². The predicted octanol–water partition coefficient (Wildman–Crippen LogP) is 2.66. The molecule has 6 heteroatoms. The number of amides is 1. The van der Waals surface area contributed by atoms with Gasteiger partial charge in [-0.1, -0.05) is 18.5 Å². The number of methoxy groups -OCH3 is 1. The zero-order valence-electron chi connectivity index (χ0n) is 11.1. The van der Waals surface area contributed by atoms with Gasteiger partial charge >= 0.3 is 5.97 Å². The minimum Gasteiger partial charge on any atom is -0.467 e. The molecule has 19 heavy (non-hydrogen) atoms. The Kier molecular flexibility index (Phi) is 5.63. The largest absolute Gasteiger partial charge is 0.467 e. The molecule has 104 valence electrons. The van der Waals surface area contributed by atoms with Gasteiger partial charge in [-0.2, -0.15) is 0 Å². The van der Waals surface area contributed by atoms with Gasteiger partial charge in [0.25, 0.3) is 0 Å². The predicted molar refractivity (Wildman–Crippen MR) is 75.5 cm³/mol. The second-order valence-electron chi connectivity index (χ2n) is 4.00. The molecule has 5 nitrogen and oxygen atoms in total. The van der Waals surface area contributed by atoms with Crippen LogP contribution in [0.3, 0.4) is 0 Å². The molecule has 2 N–H and O–H groups in total. The van der Waals surface area contributed by atoms with Crippen LogP contribution in [0, 0.1) is 0 Å². The van der Waals surface area contributed by atoms with E-state index in [1.54, 1.807) is 18.2 Å². The number of carbonyl (C=O) groups excluding carboxylic acids is 2. The summed E-state index contributed by atoms with van der Waals surface area (Å²) in [4.78, 5) is 22.5. The van der Waals surface area contributed by atoms with E-state index in [1.165, 1.54) is 14.0 Å². The molecule has 1 atom stereocenters. The molecule has 0 bridgehead atoms. The summed E-state index contributed by atoms with van der Waals surface area (Å²) >= 11 is 5.97. The first-order chi connectivity index (χ1) is 8.97. The van der Waals surface area contributed by atoms with Crippen molar-refractivity contribution >= 4 is 34.9 Å². The van der Waals surface area contributed by atoms with Crippen molar-refractivity contribution in [1.29, 1.82) is 0 Å². The lowest BCUT2D eigenvalue weighted by Gasteiger charge is -2.17. The maximum atomic E-state index is 11.5. The molecule has 0 aliphatic heterocycles. The quantitative estimate of drug-likeness (QED) is 0.816. The van der Waals surface area contributed by atoms with Crippen LogP contribution in [0.1, 0.15) is 20.3 Å². The molecule has 0 aliphatic carbocycles. The summed E-state index contributed by atoms with van der Waals surface area (Å²) in [6, 6.07) is 4.63. The van der Waals surface area contributed by atoms with Crippen LogP contribution >= 0.6 is 11.6 Å². The standard InChI is InChI=1S/C13H17ClN2O3/c1-4-11(13(18)19-3)16-9-5-6-10(14)12(7-9)15-8(2)17/h5-7,11,16H,4H2,1-3H3,(H,15,17)/t11-/m1/s1. The van der Waals surface area contributed by atoms with E-state index >= 15 is 0 Å². The molecule has 0 heterocycles. The van der Waals surface area contributed by atoms with E-state index in [0.717, 1.165) is 0 Å². The van der Waals surface area contributed by atoms with Crippen molar-refractivity contribution < 1.29 is 14.3 Å². The summed E-state index contributed by atoms with van der Waals surface area (Å²) in [5.41, 5.74) is 1.18. The van der Waals surface area contributed by atoms with Crippen molar-refractivity contribution in [3.05, 3.63) is 23.2 Å². The van der Waals surface area contributed by atoms with Gasteiger partial charge in [-0.25, -0.2) is 4.79 Å². The molecule has 0 unspecified atom stereocenters. The first-order valence-electron chi connectivity index (χ1n) is 5.89. The molecule has 0 aliphatic rings. The van der Waals surface area contributed by atoms with Crippen molar-refractivity contribution in [3.8, 4) is 0 Å². The molecule has 0 saturated carbocycles. The van der Waals surface area contributed by atoms with Crippen LogP contribution in [0.4, 0.5) is 11.4 Å². The molecular weight excluding hydrogens is 268 g/mol. The lowest BCUT2D eigenvalue weighted by atomic mass is 10.2. The number of rotatable bonds is 5. The molecule has 1 aromatic carbocycles. The number of carbonyl (C=O) groups is 2. The summed E-state index contributed by atoms with van der Waals surface area (Å²) in [6.07, 6.45) is 0.588. The lowest BCUT2D eigenvalue weighted by molar-refractivity contribution is -0.141. The Balaban J connectivity index is 2.89. The zero-order valence-corrected chi connectivity index (χ0v) is 11.9. The van der Waals surface area contributed by atoms with E-state index in [1.807, 2.05) is 6.92 Å². The van der Waals surface area contributed by atoms with E-state index < -0.39 is 6.04 Å². The number of benzene rings is 1. The van der Waals surface area contributed by atoms with Crippen molar-refractivity contribution in [2.45, 2.75) is 26.3 Å². The topological polar surface area (TPSA) is 67.4 Å². The first kappa shape index (κ1) is 15.3. The van der Waals surface area contributed by atoms with Crippen LogP contribution in [0.15, 0.2) is 18.2 Å². The summed E-state index contributed by atoms with van der Waals surface area (Å²) in [7, 11) is 1.34. The molecule has 0 radical (unpaired) electrons. The van der Waals surface area contributed by atoms with Crippen molar-refractivity contribution in [3.63, 3.8) is 0 Å². The van der Waals surface area contributed by atoms with Gasteiger partial charge in [-0.3, -0.25) is 4.79 Å². The fourth-order valence-corrected chi connectivity index (χ4v) is 1.74. The average Bonchev–Trinajstić information content (AvgIpc) is 2.38. The fraction of sp³-hybridized carbons (Fsp3) is 0.385. The Morgan fingerprint density at radius 3 is 2.63 bits per heavy atom. The van der Waals surface area contributed by atoms with Crippen molar-refractivity contribution in [1.82, 2.24) is 0 Å². The third-order valence-electron chi connectivity index (χ3n) is 2.51. The lowest BCUT2D eigenvalue weighted by Crippen LogP contribution is -2.29. The van der Waals surface area contributed by atoms with Crippen LogP contribution in [0.2, 0.25) is 5.02 Å². The zero-order chi connectivity index (χ0) is 14.4. The number of hydrogen-bond donors (Lipinski definition) is 2. The highest BCUT2D eigenvalue weighted by atomic mass is 35.5.